The molecule has 1 aromatic carbocycles. The highest BCUT2D eigenvalue weighted by Crippen LogP contribution is 2.29. The normalized spacial score (nSPS) is 17.3. The molecule has 2 nitrogen and oxygen atoms in total. The molecule has 0 bridgehead atoms. The number of hydrogen-bond donors (Lipinski definition) is 1. The predicted molar refractivity (Wildman–Crippen MR) is 79.5 cm³/mol. The van der Waals surface area contributed by atoms with Crippen molar-refractivity contribution < 1.29 is 0 Å². The predicted octanol–water partition coefficient (Wildman–Crippen LogP) is 3.83. The Balaban J connectivity index is 2.21. The molecule has 1 aliphatic rings. The molecule has 18 heavy (non-hydrogen) atoms. The Labute approximate surface area is 115 Å². The van der Waals surface area contributed by atoms with Crippen LogP contribution in [0.3, 0.4) is 0 Å². The zero-order valence-corrected chi connectivity index (χ0v) is 12.0. The quantitative estimate of drug-likeness (QED) is 0.895. The first-order valence-corrected chi connectivity index (χ1v) is 7.37. The Bertz CT molecular complexity index is 371. The third kappa shape index (κ3) is 3.39. The van der Waals surface area contributed by atoms with Crippen molar-refractivity contribution in [1.82, 2.24) is 5.32 Å². The van der Waals surface area contributed by atoms with Crippen molar-refractivity contribution in [2.45, 2.75) is 38.6 Å². The van der Waals surface area contributed by atoms with Crippen LogP contribution < -0.4 is 10.2 Å². The molecule has 1 aliphatic heterocycles. The molecule has 0 radical (unpaired) electrons. The maximum atomic E-state index is 6.33. The summed E-state index contributed by atoms with van der Waals surface area (Å²) in [5.41, 5.74) is 2.56. The standard InChI is InChI=1S/C15H23ClN2/c1-17-12-13-14(16)8-7-9-15(13)18-10-5-3-2-4-6-11-18/h7-9,17H,2-6,10-12H2,1H3. The molecule has 0 amide bonds. The Kier molecular flexibility index (Phi) is 5.33. The van der Waals surface area contributed by atoms with Gasteiger partial charge in [-0.3, -0.25) is 0 Å². The van der Waals surface area contributed by atoms with Crippen LogP contribution in [0.15, 0.2) is 18.2 Å². The van der Waals surface area contributed by atoms with Crippen LogP contribution in [-0.2, 0) is 6.54 Å². The molecule has 0 saturated carbocycles. The molecule has 1 heterocycles. The summed E-state index contributed by atoms with van der Waals surface area (Å²) in [7, 11) is 1.97. The zero-order chi connectivity index (χ0) is 12.8. The smallest absolute Gasteiger partial charge is 0.0471 e. The number of halogens is 1. The molecule has 2 rings (SSSR count). The van der Waals surface area contributed by atoms with Gasteiger partial charge in [0.1, 0.15) is 0 Å². The fourth-order valence-corrected chi connectivity index (χ4v) is 2.92. The van der Waals surface area contributed by atoms with Crippen LogP contribution in [-0.4, -0.2) is 20.1 Å². The molecular weight excluding hydrogens is 244 g/mol. The molecule has 1 N–H and O–H groups in total. The van der Waals surface area contributed by atoms with Gasteiger partial charge in [0.05, 0.1) is 0 Å². The number of rotatable bonds is 3. The summed E-state index contributed by atoms with van der Waals surface area (Å²) in [6.45, 7) is 3.17. The van der Waals surface area contributed by atoms with Gasteiger partial charge < -0.3 is 10.2 Å². The van der Waals surface area contributed by atoms with Crippen molar-refractivity contribution in [3.05, 3.63) is 28.8 Å². The molecular formula is C15H23ClN2. The summed E-state index contributed by atoms with van der Waals surface area (Å²) in [4.78, 5) is 2.51. The number of nitrogens with one attached hydrogen (secondary N) is 1. The van der Waals surface area contributed by atoms with E-state index in [9.17, 15) is 0 Å². The van der Waals surface area contributed by atoms with Crippen LogP contribution in [0.5, 0.6) is 0 Å². The lowest BCUT2D eigenvalue weighted by atomic mass is 10.1. The van der Waals surface area contributed by atoms with Crippen molar-refractivity contribution in [2.75, 3.05) is 25.0 Å². The van der Waals surface area contributed by atoms with Crippen LogP contribution in [0.25, 0.3) is 0 Å². The Morgan fingerprint density at radius 2 is 1.78 bits per heavy atom. The van der Waals surface area contributed by atoms with E-state index in [4.69, 9.17) is 11.6 Å². The zero-order valence-electron chi connectivity index (χ0n) is 11.2. The van der Waals surface area contributed by atoms with Gasteiger partial charge in [0.15, 0.2) is 0 Å². The van der Waals surface area contributed by atoms with Gasteiger partial charge in [0, 0.05) is 35.9 Å². The molecule has 1 fully saturated rings. The fourth-order valence-electron chi connectivity index (χ4n) is 2.68. The SMILES string of the molecule is CNCc1c(Cl)cccc1N1CCCCCCC1. The Morgan fingerprint density at radius 3 is 2.44 bits per heavy atom. The van der Waals surface area contributed by atoms with E-state index in [0.717, 1.165) is 24.7 Å². The van der Waals surface area contributed by atoms with Gasteiger partial charge >= 0.3 is 0 Å². The van der Waals surface area contributed by atoms with E-state index >= 15 is 0 Å². The molecule has 0 unspecified atom stereocenters. The highest BCUT2D eigenvalue weighted by atomic mass is 35.5. The van der Waals surface area contributed by atoms with E-state index in [2.05, 4.69) is 22.3 Å². The van der Waals surface area contributed by atoms with Gasteiger partial charge in [-0.05, 0) is 32.0 Å². The van der Waals surface area contributed by atoms with E-state index in [1.807, 2.05) is 13.1 Å². The average Bonchev–Trinajstić information content (AvgIpc) is 2.32. The second-order valence-electron chi connectivity index (χ2n) is 5.02. The van der Waals surface area contributed by atoms with Gasteiger partial charge in [-0.2, -0.15) is 0 Å². The maximum Gasteiger partial charge on any atom is 0.0471 e. The van der Waals surface area contributed by atoms with Gasteiger partial charge in [-0.1, -0.05) is 36.9 Å². The second-order valence-corrected chi connectivity index (χ2v) is 5.43. The second kappa shape index (κ2) is 7.01. The van der Waals surface area contributed by atoms with Gasteiger partial charge in [-0.15, -0.1) is 0 Å². The first-order valence-electron chi connectivity index (χ1n) is 7.00. The third-order valence-corrected chi connectivity index (χ3v) is 4.00. The molecule has 100 valence electrons. The molecule has 1 saturated heterocycles. The lowest BCUT2D eigenvalue weighted by Crippen LogP contribution is -2.28. The van der Waals surface area contributed by atoms with Crippen LogP contribution in [0.2, 0.25) is 5.02 Å². The number of nitrogens with zero attached hydrogens (tertiary/aromatic N) is 1. The number of anilines is 1. The molecule has 0 atom stereocenters. The Hall–Kier alpha value is -0.730. The highest BCUT2D eigenvalue weighted by Gasteiger charge is 2.14. The molecule has 3 heteroatoms. The van der Waals surface area contributed by atoms with Crippen molar-refractivity contribution >= 4 is 17.3 Å². The van der Waals surface area contributed by atoms with Crippen molar-refractivity contribution in [3.8, 4) is 0 Å². The minimum Gasteiger partial charge on any atom is -0.371 e. The van der Waals surface area contributed by atoms with E-state index in [0.29, 0.717) is 0 Å². The summed E-state index contributed by atoms with van der Waals surface area (Å²) in [5.74, 6) is 0. The van der Waals surface area contributed by atoms with Gasteiger partial charge in [-0.25, -0.2) is 0 Å². The van der Waals surface area contributed by atoms with E-state index in [1.165, 1.54) is 43.4 Å². The van der Waals surface area contributed by atoms with Crippen LogP contribution in [0, 0.1) is 0 Å². The van der Waals surface area contributed by atoms with Gasteiger partial charge in [0.2, 0.25) is 0 Å². The minimum atomic E-state index is 0.839. The van der Waals surface area contributed by atoms with E-state index < -0.39 is 0 Å². The lowest BCUT2D eigenvalue weighted by Gasteiger charge is -2.29. The minimum absolute atomic E-state index is 0.839. The van der Waals surface area contributed by atoms with Crippen LogP contribution in [0.1, 0.15) is 37.7 Å². The molecule has 1 aromatic rings. The largest absolute Gasteiger partial charge is 0.371 e. The van der Waals surface area contributed by atoms with Crippen molar-refractivity contribution in [1.29, 1.82) is 0 Å². The topological polar surface area (TPSA) is 15.3 Å². The van der Waals surface area contributed by atoms with E-state index in [-0.39, 0.29) is 0 Å². The molecule has 0 aromatic heterocycles. The summed E-state index contributed by atoms with van der Waals surface area (Å²) in [5, 5.41) is 4.10. The van der Waals surface area contributed by atoms with Crippen molar-refractivity contribution in [2.24, 2.45) is 0 Å². The Morgan fingerprint density at radius 1 is 1.11 bits per heavy atom. The average molecular weight is 267 g/mol. The number of benzene rings is 1. The van der Waals surface area contributed by atoms with Crippen LogP contribution in [0.4, 0.5) is 5.69 Å². The molecule has 0 spiro atoms. The first-order chi connectivity index (χ1) is 8.83. The summed E-state index contributed by atoms with van der Waals surface area (Å²) in [6.07, 6.45) is 6.71. The van der Waals surface area contributed by atoms with Crippen LogP contribution >= 0.6 is 11.6 Å². The summed E-state index contributed by atoms with van der Waals surface area (Å²) < 4.78 is 0. The molecule has 0 aliphatic carbocycles. The summed E-state index contributed by atoms with van der Waals surface area (Å²) >= 11 is 6.33. The highest BCUT2D eigenvalue weighted by molar-refractivity contribution is 6.31. The van der Waals surface area contributed by atoms with Gasteiger partial charge in [0.25, 0.3) is 0 Å². The third-order valence-electron chi connectivity index (χ3n) is 3.64. The van der Waals surface area contributed by atoms with E-state index in [1.54, 1.807) is 0 Å². The monoisotopic (exact) mass is 266 g/mol. The fraction of sp³-hybridized carbons (Fsp3) is 0.600. The summed E-state index contributed by atoms with van der Waals surface area (Å²) in [6, 6.07) is 6.26. The number of hydrogen-bond acceptors (Lipinski definition) is 2. The maximum absolute atomic E-state index is 6.33. The first kappa shape index (κ1) is 13.7. The van der Waals surface area contributed by atoms with Crippen molar-refractivity contribution in [3.63, 3.8) is 0 Å². The lowest BCUT2D eigenvalue weighted by molar-refractivity contribution is 0.555.